The first kappa shape index (κ1) is 33.9. The summed E-state index contributed by atoms with van der Waals surface area (Å²) in [7, 11) is 0. The molecule has 0 N–H and O–H groups in total. The van der Waals surface area contributed by atoms with Crippen molar-refractivity contribution in [3.05, 3.63) is 23.5 Å². The fraction of sp³-hybridized carbons (Fsp3) is 0.591. The third-order valence-corrected chi connectivity index (χ3v) is 7.55. The minimum Gasteiger partial charge on any atom is -0.330 e. The number of halogens is 15. The highest BCUT2D eigenvalue weighted by molar-refractivity contribution is 6.22. The number of aromatic nitrogens is 1. The maximum Gasteiger partial charge on any atom is 0.460 e. The average Bonchev–Trinajstić information content (AvgIpc) is 3.57. The lowest BCUT2D eigenvalue weighted by Gasteiger charge is -2.42. The Bertz CT molecular complexity index is 1510. The molecule has 3 saturated heterocycles. The molecule has 3 fully saturated rings. The molecule has 23 heteroatoms. The van der Waals surface area contributed by atoms with Crippen LogP contribution in [0.15, 0.2) is 12.3 Å². The third kappa shape index (κ3) is 4.08. The van der Waals surface area contributed by atoms with E-state index in [1.807, 2.05) is 0 Å². The summed E-state index contributed by atoms with van der Waals surface area (Å²) < 4.78 is 204. The van der Waals surface area contributed by atoms with E-state index in [0.29, 0.717) is 9.80 Å². The van der Waals surface area contributed by atoms with E-state index in [9.17, 15) is 80.2 Å². The Labute approximate surface area is 238 Å². The summed E-state index contributed by atoms with van der Waals surface area (Å²) in [5.74, 6) is -53.7. The molecule has 1 aromatic heterocycles. The molecule has 0 saturated carbocycles. The Hall–Kier alpha value is -4.00. The molecule has 8 nitrogen and oxygen atoms in total. The van der Waals surface area contributed by atoms with Crippen LogP contribution in [0.3, 0.4) is 0 Å². The number of rotatable bonds is 7. The van der Waals surface area contributed by atoms with Gasteiger partial charge in [-0.05, 0) is 25.0 Å². The number of aryl methyl sites for hydroxylation is 1. The van der Waals surface area contributed by atoms with Gasteiger partial charge >= 0.3 is 47.7 Å². The predicted molar refractivity (Wildman–Crippen MR) is 112 cm³/mol. The van der Waals surface area contributed by atoms with Crippen LogP contribution in [0.1, 0.15) is 17.7 Å². The summed E-state index contributed by atoms with van der Waals surface area (Å²) >= 11 is 0. The molecule has 3 aliphatic heterocycles. The number of imide groups is 1. The van der Waals surface area contributed by atoms with Crippen LogP contribution in [0.5, 0.6) is 0 Å². The molecule has 0 aliphatic carbocycles. The number of nitrogens with zero attached hydrogens (tertiary/aromatic N) is 5. The number of alkyl halides is 15. The van der Waals surface area contributed by atoms with Crippen LogP contribution in [0.2, 0.25) is 0 Å². The van der Waals surface area contributed by atoms with Gasteiger partial charge in [-0.3, -0.25) is 9.59 Å². The first-order valence-corrected chi connectivity index (χ1v) is 11.8. The number of likely N-dealkylation sites (tertiary alicyclic amines) is 1. The summed E-state index contributed by atoms with van der Waals surface area (Å²) in [6, 6.07) is -3.89. The van der Waals surface area contributed by atoms with E-state index < -0.39 is 95.5 Å². The van der Waals surface area contributed by atoms with Crippen molar-refractivity contribution in [2.45, 2.75) is 73.2 Å². The van der Waals surface area contributed by atoms with E-state index in [-0.39, 0.29) is 16.9 Å². The van der Waals surface area contributed by atoms with Gasteiger partial charge in [0.15, 0.2) is 0 Å². The third-order valence-electron chi connectivity index (χ3n) is 7.55. The smallest absolute Gasteiger partial charge is 0.330 e. The highest BCUT2D eigenvalue weighted by atomic mass is 19.4. The molecule has 2 bridgehead atoms. The molecule has 3 atom stereocenters. The van der Waals surface area contributed by atoms with E-state index in [1.54, 1.807) is 6.07 Å². The molecule has 4 amide bonds. The zero-order valence-electron chi connectivity index (χ0n) is 21.4. The lowest BCUT2D eigenvalue weighted by atomic mass is 9.90. The monoisotopic (exact) mass is 679 g/mol. The molecule has 3 aliphatic rings. The van der Waals surface area contributed by atoms with Crippen molar-refractivity contribution in [1.82, 2.24) is 14.8 Å². The Morgan fingerprint density at radius 2 is 1.38 bits per heavy atom. The lowest BCUT2D eigenvalue weighted by molar-refractivity contribution is -0.450. The second kappa shape index (κ2) is 9.51. The minimum absolute atomic E-state index is 0.126. The largest absolute Gasteiger partial charge is 0.460 e. The van der Waals surface area contributed by atoms with Crippen molar-refractivity contribution < 1.29 is 80.2 Å². The topological polar surface area (TPSA) is 97.6 Å². The van der Waals surface area contributed by atoms with Crippen molar-refractivity contribution in [1.29, 1.82) is 5.26 Å². The number of hydrogen-bond donors (Lipinski definition) is 0. The highest BCUT2D eigenvalue weighted by Gasteiger charge is 2.94. The van der Waals surface area contributed by atoms with Crippen LogP contribution in [0.25, 0.3) is 0 Å². The number of piperazine rings is 1. The van der Waals surface area contributed by atoms with Crippen LogP contribution in [0.4, 0.5) is 76.3 Å². The fourth-order valence-corrected chi connectivity index (χ4v) is 5.21. The first-order chi connectivity index (χ1) is 20.1. The summed E-state index contributed by atoms with van der Waals surface area (Å²) in [6.07, 6.45) is -7.57. The number of pyridine rings is 1. The lowest BCUT2D eigenvalue weighted by Crippen LogP contribution is -2.74. The Morgan fingerprint density at radius 1 is 0.867 bits per heavy atom. The quantitative estimate of drug-likeness (QED) is 0.306. The zero-order valence-corrected chi connectivity index (χ0v) is 21.4. The predicted octanol–water partition coefficient (Wildman–Crippen LogP) is 4.76. The van der Waals surface area contributed by atoms with Gasteiger partial charge in [0.1, 0.15) is 17.8 Å². The number of anilines is 1. The number of carbonyl (C=O) groups is 3. The van der Waals surface area contributed by atoms with Gasteiger partial charge < -0.3 is 9.80 Å². The Balaban J connectivity index is 1.66. The number of hydrogen-bond acceptors (Lipinski definition) is 5. The van der Waals surface area contributed by atoms with Crippen molar-refractivity contribution in [2.24, 2.45) is 0 Å². The standard InChI is InChI=1S/C22H12F15N5O3/c1-7-2-8(5-39-10(7)4-38)42-13(43)12-11-3-9(41(12)15(42)45)6-40(11)14(44)16(23,24)17(25,26)18(27,28)19(29,30)20(31,32)21(33,34)22(35,36)37/h2,5,9,11-12H,3,6H2,1H3/t9-,11?,12+/m1/s1. The molecule has 0 spiro atoms. The van der Waals surface area contributed by atoms with E-state index in [1.165, 1.54) is 6.92 Å². The molecular weight excluding hydrogens is 667 g/mol. The van der Waals surface area contributed by atoms with Crippen LogP contribution in [-0.2, 0) is 9.59 Å². The molecule has 0 radical (unpaired) electrons. The molecule has 1 unspecified atom stereocenters. The van der Waals surface area contributed by atoms with Crippen LogP contribution < -0.4 is 4.90 Å². The molecular formula is C22H12F15N5O3. The Morgan fingerprint density at radius 3 is 1.87 bits per heavy atom. The summed E-state index contributed by atoms with van der Waals surface area (Å²) in [4.78, 5) is 42.8. The normalized spacial score (nSPS) is 23.2. The van der Waals surface area contributed by atoms with Crippen molar-refractivity contribution >= 4 is 23.5 Å². The number of urea groups is 1. The van der Waals surface area contributed by atoms with Crippen LogP contribution in [-0.4, -0.2) is 99.0 Å². The molecule has 0 aromatic carbocycles. The Kier molecular flexibility index (Phi) is 7.16. The second-order valence-corrected chi connectivity index (χ2v) is 10.1. The average molecular weight is 679 g/mol. The van der Waals surface area contributed by atoms with Crippen molar-refractivity contribution in [2.75, 3.05) is 11.4 Å². The second-order valence-electron chi connectivity index (χ2n) is 10.1. The zero-order chi connectivity index (χ0) is 34.7. The van der Waals surface area contributed by atoms with Gasteiger partial charge in [-0.15, -0.1) is 0 Å². The van der Waals surface area contributed by atoms with Gasteiger partial charge in [-0.2, -0.15) is 71.1 Å². The van der Waals surface area contributed by atoms with Crippen LogP contribution >= 0.6 is 0 Å². The number of carbonyl (C=O) groups excluding carboxylic acids is 3. The van der Waals surface area contributed by atoms with E-state index in [4.69, 9.17) is 5.26 Å². The maximum absolute atomic E-state index is 14.7. The first-order valence-electron chi connectivity index (χ1n) is 11.8. The van der Waals surface area contributed by atoms with E-state index >= 15 is 0 Å². The highest BCUT2D eigenvalue weighted by Crippen LogP contribution is 2.62. The van der Waals surface area contributed by atoms with Gasteiger partial charge in [-0.25, -0.2) is 14.7 Å². The number of nitriles is 1. The van der Waals surface area contributed by atoms with Gasteiger partial charge in [0.25, 0.3) is 11.8 Å². The van der Waals surface area contributed by atoms with Crippen LogP contribution in [0, 0.1) is 18.3 Å². The molecule has 248 valence electrons. The summed E-state index contributed by atoms with van der Waals surface area (Å²) in [5, 5.41) is 8.97. The number of fused-ring (bicyclic) bond motifs is 5. The van der Waals surface area contributed by atoms with Gasteiger partial charge in [-0.1, -0.05) is 0 Å². The SMILES string of the molecule is Cc1cc(N2C(=O)[C@@H]3C4C[C@H](CN4C(=O)C(F)(F)C(F)(F)C(F)(F)C(F)(F)C(F)(F)C(F)(F)C(F)(F)F)N3C2=O)cnc1C#N. The maximum atomic E-state index is 14.7. The summed E-state index contributed by atoms with van der Waals surface area (Å²) in [5.41, 5.74) is -0.329. The molecule has 4 rings (SSSR count). The van der Waals surface area contributed by atoms with Gasteiger partial charge in [0.05, 0.1) is 24.0 Å². The van der Waals surface area contributed by atoms with E-state index in [2.05, 4.69) is 4.98 Å². The minimum atomic E-state index is -8.56. The van der Waals surface area contributed by atoms with E-state index in [0.717, 1.165) is 12.3 Å². The van der Waals surface area contributed by atoms with Gasteiger partial charge in [0.2, 0.25) is 0 Å². The molecule has 4 heterocycles. The fourth-order valence-electron chi connectivity index (χ4n) is 5.21. The van der Waals surface area contributed by atoms with Crippen molar-refractivity contribution in [3.8, 4) is 6.07 Å². The molecule has 45 heavy (non-hydrogen) atoms. The van der Waals surface area contributed by atoms with Gasteiger partial charge in [0, 0.05) is 6.54 Å². The van der Waals surface area contributed by atoms with Crippen molar-refractivity contribution in [3.63, 3.8) is 0 Å². The summed E-state index contributed by atoms with van der Waals surface area (Å²) in [6.45, 7) is 0.0838. The number of amides is 4. The molecule has 1 aromatic rings.